The molecule has 0 bridgehead atoms. The molecule has 1 aromatic carbocycles. The SMILES string of the molecule is O=C(O)C1CCCCCN1c1cnc2ccccc2n1. The standard InChI is InChI=1S/C15H17N3O2/c19-15(20)13-8-2-1-5-9-18(13)14-10-16-11-6-3-4-7-12(11)17-14/h3-4,6-7,10,13H,1-2,5,8-9H2,(H,19,20). The predicted octanol–water partition coefficient (Wildman–Crippen LogP) is 2.46. The predicted molar refractivity (Wildman–Crippen MR) is 76.8 cm³/mol. The lowest BCUT2D eigenvalue weighted by Crippen LogP contribution is -2.41. The molecule has 0 amide bonds. The van der Waals surface area contributed by atoms with Crippen molar-refractivity contribution < 1.29 is 9.90 Å². The fraction of sp³-hybridized carbons (Fsp3) is 0.400. The molecule has 1 saturated heterocycles. The van der Waals surface area contributed by atoms with Gasteiger partial charge in [-0.15, -0.1) is 0 Å². The van der Waals surface area contributed by atoms with Crippen molar-refractivity contribution in [2.45, 2.75) is 31.7 Å². The van der Waals surface area contributed by atoms with Crippen LogP contribution in [0.15, 0.2) is 30.5 Å². The number of para-hydroxylation sites is 2. The number of benzene rings is 1. The molecule has 1 unspecified atom stereocenters. The molecule has 1 aromatic heterocycles. The van der Waals surface area contributed by atoms with Gasteiger partial charge in [0, 0.05) is 6.54 Å². The van der Waals surface area contributed by atoms with Gasteiger partial charge in [0.2, 0.25) is 0 Å². The summed E-state index contributed by atoms with van der Waals surface area (Å²) in [5, 5.41) is 9.42. The van der Waals surface area contributed by atoms with E-state index < -0.39 is 12.0 Å². The summed E-state index contributed by atoms with van der Waals surface area (Å²) in [4.78, 5) is 22.3. The topological polar surface area (TPSA) is 66.3 Å². The first-order valence-electron chi connectivity index (χ1n) is 6.97. The summed E-state index contributed by atoms with van der Waals surface area (Å²) >= 11 is 0. The molecule has 0 saturated carbocycles. The fourth-order valence-electron chi connectivity index (χ4n) is 2.73. The van der Waals surface area contributed by atoms with E-state index in [1.54, 1.807) is 6.20 Å². The van der Waals surface area contributed by atoms with Crippen LogP contribution in [0, 0.1) is 0 Å². The number of carboxylic acids is 1. The van der Waals surface area contributed by atoms with E-state index in [-0.39, 0.29) is 0 Å². The molecule has 104 valence electrons. The van der Waals surface area contributed by atoms with Gasteiger partial charge in [0.05, 0.1) is 17.2 Å². The number of aliphatic carboxylic acids is 1. The van der Waals surface area contributed by atoms with Crippen molar-refractivity contribution in [2.75, 3.05) is 11.4 Å². The van der Waals surface area contributed by atoms with Crippen molar-refractivity contribution in [1.82, 2.24) is 9.97 Å². The number of fused-ring (bicyclic) bond motifs is 1. The Bertz CT molecular complexity index is 629. The smallest absolute Gasteiger partial charge is 0.326 e. The minimum Gasteiger partial charge on any atom is -0.480 e. The molecular weight excluding hydrogens is 254 g/mol. The minimum atomic E-state index is -0.776. The van der Waals surface area contributed by atoms with E-state index >= 15 is 0 Å². The number of anilines is 1. The van der Waals surface area contributed by atoms with Gasteiger partial charge in [0.25, 0.3) is 0 Å². The highest BCUT2D eigenvalue weighted by molar-refractivity contribution is 5.79. The lowest BCUT2D eigenvalue weighted by atomic mass is 10.1. The van der Waals surface area contributed by atoms with Crippen molar-refractivity contribution in [3.8, 4) is 0 Å². The molecule has 1 fully saturated rings. The van der Waals surface area contributed by atoms with E-state index in [0.717, 1.165) is 36.8 Å². The second-order valence-corrected chi connectivity index (χ2v) is 5.11. The molecule has 5 heteroatoms. The Labute approximate surface area is 117 Å². The van der Waals surface area contributed by atoms with Gasteiger partial charge >= 0.3 is 5.97 Å². The van der Waals surface area contributed by atoms with Crippen molar-refractivity contribution >= 4 is 22.8 Å². The molecule has 2 aromatic rings. The zero-order valence-electron chi connectivity index (χ0n) is 11.2. The van der Waals surface area contributed by atoms with Gasteiger partial charge < -0.3 is 10.0 Å². The first kappa shape index (κ1) is 12.8. The van der Waals surface area contributed by atoms with Crippen LogP contribution in [0.2, 0.25) is 0 Å². The second kappa shape index (κ2) is 5.45. The zero-order valence-corrected chi connectivity index (χ0v) is 11.2. The highest BCUT2D eigenvalue weighted by atomic mass is 16.4. The van der Waals surface area contributed by atoms with E-state index in [1.165, 1.54) is 0 Å². The fourth-order valence-corrected chi connectivity index (χ4v) is 2.73. The van der Waals surface area contributed by atoms with Crippen LogP contribution in [0.5, 0.6) is 0 Å². The van der Waals surface area contributed by atoms with Gasteiger partial charge in [-0.2, -0.15) is 0 Å². The minimum absolute atomic E-state index is 0.493. The van der Waals surface area contributed by atoms with E-state index in [4.69, 9.17) is 0 Å². The largest absolute Gasteiger partial charge is 0.480 e. The maximum atomic E-state index is 11.5. The van der Waals surface area contributed by atoms with Crippen molar-refractivity contribution in [3.63, 3.8) is 0 Å². The normalized spacial score (nSPS) is 19.8. The van der Waals surface area contributed by atoms with Crippen molar-refractivity contribution in [1.29, 1.82) is 0 Å². The van der Waals surface area contributed by atoms with Crippen LogP contribution < -0.4 is 4.90 Å². The van der Waals surface area contributed by atoms with E-state index in [0.29, 0.717) is 12.2 Å². The summed E-state index contributed by atoms with van der Waals surface area (Å²) < 4.78 is 0. The van der Waals surface area contributed by atoms with Crippen molar-refractivity contribution in [3.05, 3.63) is 30.5 Å². The first-order valence-corrected chi connectivity index (χ1v) is 6.97. The number of carboxylic acid groups (broad SMARTS) is 1. The summed E-state index contributed by atoms with van der Waals surface area (Å²) in [5.41, 5.74) is 1.64. The van der Waals surface area contributed by atoms with Gasteiger partial charge in [-0.3, -0.25) is 4.98 Å². The molecule has 2 heterocycles. The lowest BCUT2D eigenvalue weighted by Gasteiger charge is -2.27. The second-order valence-electron chi connectivity index (χ2n) is 5.11. The number of nitrogens with zero attached hydrogens (tertiary/aromatic N) is 3. The summed E-state index contributed by atoms with van der Waals surface area (Å²) in [5.74, 6) is -0.111. The average Bonchev–Trinajstić information content (AvgIpc) is 2.72. The van der Waals surface area contributed by atoms with Crippen LogP contribution in [0.4, 0.5) is 5.82 Å². The van der Waals surface area contributed by atoms with Crippen LogP contribution in [0.3, 0.4) is 0 Å². The lowest BCUT2D eigenvalue weighted by molar-refractivity contribution is -0.138. The molecule has 1 aliphatic heterocycles. The number of hydrogen-bond acceptors (Lipinski definition) is 4. The average molecular weight is 271 g/mol. The Morgan fingerprint density at radius 1 is 1.20 bits per heavy atom. The van der Waals surface area contributed by atoms with Gasteiger partial charge in [-0.25, -0.2) is 9.78 Å². The molecule has 1 N–H and O–H groups in total. The monoisotopic (exact) mass is 271 g/mol. The Balaban J connectivity index is 2.00. The van der Waals surface area contributed by atoms with Gasteiger partial charge in [0.15, 0.2) is 0 Å². The molecule has 1 aliphatic rings. The van der Waals surface area contributed by atoms with E-state index in [1.807, 2.05) is 29.2 Å². The number of carbonyl (C=O) groups is 1. The highest BCUT2D eigenvalue weighted by Gasteiger charge is 2.28. The van der Waals surface area contributed by atoms with Crippen LogP contribution in [-0.4, -0.2) is 33.6 Å². The Morgan fingerprint density at radius 2 is 2.00 bits per heavy atom. The maximum absolute atomic E-state index is 11.5. The molecule has 1 atom stereocenters. The quantitative estimate of drug-likeness (QED) is 0.908. The van der Waals surface area contributed by atoms with Crippen LogP contribution in [0.1, 0.15) is 25.7 Å². The molecular formula is C15H17N3O2. The molecule has 0 spiro atoms. The van der Waals surface area contributed by atoms with Crippen LogP contribution in [-0.2, 0) is 4.79 Å². The Kier molecular flexibility index (Phi) is 3.50. The van der Waals surface area contributed by atoms with Crippen LogP contribution >= 0.6 is 0 Å². The summed E-state index contributed by atoms with van der Waals surface area (Å²) in [7, 11) is 0. The first-order chi connectivity index (χ1) is 9.75. The van der Waals surface area contributed by atoms with Gasteiger partial charge in [-0.05, 0) is 25.0 Å². The maximum Gasteiger partial charge on any atom is 0.326 e. The number of hydrogen-bond donors (Lipinski definition) is 1. The summed E-state index contributed by atoms with van der Waals surface area (Å²) in [6.45, 7) is 0.726. The Hall–Kier alpha value is -2.17. The molecule has 0 aliphatic carbocycles. The third kappa shape index (κ3) is 2.43. The third-order valence-corrected chi connectivity index (χ3v) is 3.77. The van der Waals surface area contributed by atoms with E-state index in [9.17, 15) is 9.90 Å². The van der Waals surface area contributed by atoms with Crippen LogP contribution in [0.25, 0.3) is 11.0 Å². The van der Waals surface area contributed by atoms with Gasteiger partial charge in [0.1, 0.15) is 11.9 Å². The van der Waals surface area contributed by atoms with Crippen molar-refractivity contribution in [2.24, 2.45) is 0 Å². The molecule has 3 rings (SSSR count). The van der Waals surface area contributed by atoms with E-state index in [2.05, 4.69) is 9.97 Å². The number of aromatic nitrogens is 2. The highest BCUT2D eigenvalue weighted by Crippen LogP contribution is 2.23. The molecule has 0 radical (unpaired) electrons. The molecule has 20 heavy (non-hydrogen) atoms. The summed E-state index contributed by atoms with van der Waals surface area (Å²) in [6.07, 6.45) is 5.38. The summed E-state index contributed by atoms with van der Waals surface area (Å²) in [6, 6.07) is 7.15. The van der Waals surface area contributed by atoms with Gasteiger partial charge in [-0.1, -0.05) is 25.0 Å². The zero-order chi connectivity index (χ0) is 13.9. The Morgan fingerprint density at radius 3 is 2.80 bits per heavy atom. The molecule has 5 nitrogen and oxygen atoms in total. The number of rotatable bonds is 2. The third-order valence-electron chi connectivity index (χ3n) is 3.77.